The van der Waals surface area contributed by atoms with E-state index in [0.29, 0.717) is 43.5 Å². The summed E-state index contributed by atoms with van der Waals surface area (Å²) in [6, 6.07) is 1.69. The molecule has 0 radical (unpaired) electrons. The van der Waals surface area contributed by atoms with Crippen molar-refractivity contribution in [1.29, 1.82) is 0 Å². The lowest BCUT2D eigenvalue weighted by Gasteiger charge is -2.24. The maximum absolute atomic E-state index is 12.5. The van der Waals surface area contributed by atoms with Gasteiger partial charge in [0.05, 0.1) is 30.7 Å². The molecule has 3 aliphatic heterocycles. The summed E-state index contributed by atoms with van der Waals surface area (Å²) in [7, 11) is 0. The molecule has 0 N–H and O–H groups in total. The van der Waals surface area contributed by atoms with Crippen molar-refractivity contribution in [3.8, 4) is 0 Å². The van der Waals surface area contributed by atoms with Crippen molar-refractivity contribution in [2.24, 2.45) is 11.8 Å². The third-order valence-electron chi connectivity index (χ3n) is 5.18. The molecule has 3 fully saturated rings. The van der Waals surface area contributed by atoms with Crippen molar-refractivity contribution in [3.63, 3.8) is 0 Å². The van der Waals surface area contributed by atoms with Crippen LogP contribution in [0.2, 0.25) is 0 Å². The zero-order chi connectivity index (χ0) is 15.8. The van der Waals surface area contributed by atoms with E-state index in [1.54, 1.807) is 6.07 Å². The van der Waals surface area contributed by atoms with Crippen molar-refractivity contribution < 1.29 is 14.3 Å². The van der Waals surface area contributed by atoms with Crippen LogP contribution in [0.1, 0.15) is 23.2 Å². The van der Waals surface area contributed by atoms with E-state index in [-0.39, 0.29) is 17.9 Å². The molecule has 1 aromatic heterocycles. The van der Waals surface area contributed by atoms with Crippen LogP contribution >= 0.6 is 0 Å². The maximum Gasteiger partial charge on any atom is 0.255 e. The van der Waals surface area contributed by atoms with Crippen molar-refractivity contribution in [2.75, 3.05) is 32.8 Å². The molecule has 23 heavy (non-hydrogen) atoms. The summed E-state index contributed by atoms with van der Waals surface area (Å²) in [5.41, 5.74) is 0.561. The summed E-state index contributed by atoms with van der Waals surface area (Å²) in [6.07, 6.45) is 4.75. The number of ether oxygens (including phenoxy) is 1. The molecule has 1 aromatic rings. The zero-order valence-electron chi connectivity index (χ0n) is 12.9. The van der Waals surface area contributed by atoms with Gasteiger partial charge in [-0.1, -0.05) is 0 Å². The Morgan fingerprint density at radius 1 is 1.35 bits per heavy atom. The third-order valence-corrected chi connectivity index (χ3v) is 5.18. The van der Waals surface area contributed by atoms with Crippen LogP contribution in [0.25, 0.3) is 0 Å². The van der Waals surface area contributed by atoms with Gasteiger partial charge in [-0.15, -0.1) is 0 Å². The minimum atomic E-state index is -0.0195. The summed E-state index contributed by atoms with van der Waals surface area (Å²) >= 11 is 0. The normalized spacial score (nSPS) is 30.1. The standard InChI is InChI=1S/C16H20N4O3/c21-15-2-1-5-19(15)7-12-10-23-14-9-20(8-13(12)14)16(22)11-3-4-17-18-6-11/h3-4,6,12-14H,1-2,5,7-10H2/t12-,13-,14-/m1/s1. The monoisotopic (exact) mass is 316 g/mol. The molecular weight excluding hydrogens is 296 g/mol. The molecule has 122 valence electrons. The minimum Gasteiger partial charge on any atom is -0.376 e. The smallest absolute Gasteiger partial charge is 0.255 e. The van der Waals surface area contributed by atoms with Crippen LogP contribution in [0.15, 0.2) is 18.5 Å². The molecule has 3 aliphatic rings. The Morgan fingerprint density at radius 2 is 2.26 bits per heavy atom. The zero-order valence-corrected chi connectivity index (χ0v) is 12.9. The van der Waals surface area contributed by atoms with Crippen molar-refractivity contribution in [1.82, 2.24) is 20.0 Å². The summed E-state index contributed by atoms with van der Waals surface area (Å²) in [5.74, 6) is 0.883. The second-order valence-corrected chi connectivity index (χ2v) is 6.58. The molecular formula is C16H20N4O3. The van der Waals surface area contributed by atoms with Crippen LogP contribution in [0.4, 0.5) is 0 Å². The van der Waals surface area contributed by atoms with Crippen molar-refractivity contribution >= 4 is 11.8 Å². The fraction of sp³-hybridized carbons (Fsp3) is 0.625. The van der Waals surface area contributed by atoms with Gasteiger partial charge in [-0.25, -0.2) is 0 Å². The molecule has 0 saturated carbocycles. The molecule has 3 saturated heterocycles. The Balaban J connectivity index is 1.41. The molecule has 4 heterocycles. The van der Waals surface area contributed by atoms with Gasteiger partial charge in [0.15, 0.2) is 0 Å². The number of rotatable bonds is 3. The maximum atomic E-state index is 12.5. The molecule has 7 heteroatoms. The Bertz CT molecular complexity index is 609. The number of carbonyl (C=O) groups is 2. The van der Waals surface area contributed by atoms with Crippen LogP contribution in [0.5, 0.6) is 0 Å². The Kier molecular flexibility index (Phi) is 3.72. The lowest BCUT2D eigenvalue weighted by Crippen LogP contribution is -2.36. The molecule has 4 rings (SSSR count). The van der Waals surface area contributed by atoms with E-state index in [1.807, 2.05) is 9.80 Å². The van der Waals surface area contributed by atoms with Crippen LogP contribution < -0.4 is 0 Å². The fourth-order valence-corrected chi connectivity index (χ4v) is 3.93. The quantitative estimate of drug-likeness (QED) is 0.795. The SMILES string of the molecule is O=C1CCCN1C[C@@H]1CO[C@@H]2CN(C(=O)c3ccnnc3)C[C@H]12. The number of aromatic nitrogens is 2. The number of carbonyl (C=O) groups excluding carboxylic acids is 2. The molecule has 2 amide bonds. The first-order valence-corrected chi connectivity index (χ1v) is 8.18. The van der Waals surface area contributed by atoms with Crippen molar-refractivity contribution in [3.05, 3.63) is 24.0 Å². The first-order valence-electron chi connectivity index (χ1n) is 8.18. The van der Waals surface area contributed by atoms with E-state index < -0.39 is 0 Å². The number of nitrogens with zero attached hydrogens (tertiary/aromatic N) is 4. The van der Waals surface area contributed by atoms with Gasteiger partial charge < -0.3 is 14.5 Å². The highest BCUT2D eigenvalue weighted by molar-refractivity contribution is 5.94. The van der Waals surface area contributed by atoms with Crippen LogP contribution in [0, 0.1) is 11.8 Å². The van der Waals surface area contributed by atoms with E-state index in [4.69, 9.17) is 4.74 Å². The third kappa shape index (κ3) is 2.69. The lowest BCUT2D eigenvalue weighted by molar-refractivity contribution is -0.128. The van der Waals surface area contributed by atoms with Gasteiger partial charge in [0.25, 0.3) is 5.91 Å². The average Bonchev–Trinajstić information content (AvgIpc) is 3.26. The van der Waals surface area contributed by atoms with Gasteiger partial charge >= 0.3 is 0 Å². The Labute approximate surface area is 134 Å². The summed E-state index contributed by atoms with van der Waals surface area (Å²) < 4.78 is 5.89. The number of fused-ring (bicyclic) bond motifs is 1. The van der Waals surface area contributed by atoms with Gasteiger partial charge in [0.1, 0.15) is 0 Å². The molecule has 0 spiro atoms. The molecule has 7 nitrogen and oxygen atoms in total. The van der Waals surface area contributed by atoms with Gasteiger partial charge in [-0.2, -0.15) is 10.2 Å². The van der Waals surface area contributed by atoms with E-state index in [1.165, 1.54) is 12.4 Å². The highest BCUT2D eigenvalue weighted by atomic mass is 16.5. The van der Waals surface area contributed by atoms with Crippen LogP contribution in [-0.2, 0) is 9.53 Å². The number of amides is 2. The molecule has 0 bridgehead atoms. The van der Waals surface area contributed by atoms with Gasteiger partial charge in [-0.05, 0) is 12.5 Å². The van der Waals surface area contributed by atoms with Crippen LogP contribution in [-0.4, -0.2) is 70.7 Å². The Hall–Kier alpha value is -2.02. The predicted octanol–water partition coefficient (Wildman–Crippen LogP) is 0.186. The topological polar surface area (TPSA) is 75.6 Å². The average molecular weight is 316 g/mol. The van der Waals surface area contributed by atoms with Gasteiger partial charge in [0, 0.05) is 44.4 Å². The van der Waals surface area contributed by atoms with E-state index in [0.717, 1.165) is 19.5 Å². The molecule has 0 aromatic carbocycles. The minimum absolute atomic E-state index is 0.0195. The van der Waals surface area contributed by atoms with Gasteiger partial charge in [0.2, 0.25) is 5.91 Å². The van der Waals surface area contributed by atoms with E-state index in [9.17, 15) is 9.59 Å². The predicted molar refractivity (Wildman–Crippen MR) is 80.5 cm³/mol. The lowest BCUT2D eigenvalue weighted by atomic mass is 9.93. The second kappa shape index (κ2) is 5.88. The first-order chi connectivity index (χ1) is 11.2. The highest BCUT2D eigenvalue weighted by Gasteiger charge is 2.46. The highest BCUT2D eigenvalue weighted by Crippen LogP contribution is 2.35. The fourth-order valence-electron chi connectivity index (χ4n) is 3.93. The molecule has 3 atom stereocenters. The van der Waals surface area contributed by atoms with Crippen LogP contribution in [0.3, 0.4) is 0 Å². The second-order valence-electron chi connectivity index (χ2n) is 6.58. The number of hydrogen-bond acceptors (Lipinski definition) is 5. The van der Waals surface area contributed by atoms with E-state index in [2.05, 4.69) is 10.2 Å². The Morgan fingerprint density at radius 3 is 3.00 bits per heavy atom. The van der Waals surface area contributed by atoms with Crippen molar-refractivity contribution in [2.45, 2.75) is 18.9 Å². The molecule has 0 unspecified atom stereocenters. The largest absolute Gasteiger partial charge is 0.376 e. The summed E-state index contributed by atoms with van der Waals surface area (Å²) in [5, 5.41) is 7.47. The van der Waals surface area contributed by atoms with E-state index >= 15 is 0 Å². The van der Waals surface area contributed by atoms with Gasteiger partial charge in [-0.3, -0.25) is 9.59 Å². The first kappa shape index (κ1) is 14.6. The number of likely N-dealkylation sites (tertiary alicyclic amines) is 2. The number of hydrogen-bond donors (Lipinski definition) is 0. The summed E-state index contributed by atoms with van der Waals surface area (Å²) in [6.45, 7) is 3.63. The summed E-state index contributed by atoms with van der Waals surface area (Å²) in [4.78, 5) is 28.1. The molecule has 0 aliphatic carbocycles.